The molecule has 4 rings (SSSR count). The molecule has 0 saturated carbocycles. The van der Waals surface area contributed by atoms with Gasteiger partial charge in [0, 0.05) is 29.5 Å². The van der Waals surface area contributed by atoms with Crippen LogP contribution in [0.2, 0.25) is 0 Å². The van der Waals surface area contributed by atoms with Crippen LogP contribution in [0.15, 0.2) is 30.3 Å². The second-order valence-corrected chi connectivity index (χ2v) is 5.86. The summed E-state index contributed by atoms with van der Waals surface area (Å²) < 4.78 is 0. The third-order valence-electron chi connectivity index (χ3n) is 4.59. The SMILES string of the molecule is N=C1N(N)c2cccc3c(N4CCCCC4)ccc(c23)N1O. The van der Waals surface area contributed by atoms with Gasteiger partial charge in [-0.2, -0.15) is 5.06 Å². The fraction of sp³-hybridized carbons (Fsp3) is 0.312. The molecule has 0 aliphatic carbocycles. The minimum atomic E-state index is -0.147. The molecule has 6 nitrogen and oxygen atoms in total. The van der Waals surface area contributed by atoms with Crippen molar-refractivity contribution in [2.24, 2.45) is 5.84 Å². The lowest BCUT2D eigenvalue weighted by Crippen LogP contribution is -2.49. The van der Waals surface area contributed by atoms with Gasteiger partial charge < -0.3 is 4.90 Å². The Morgan fingerprint density at radius 2 is 1.68 bits per heavy atom. The van der Waals surface area contributed by atoms with Crippen molar-refractivity contribution in [1.82, 2.24) is 0 Å². The first kappa shape index (κ1) is 13.4. The number of nitrogens with one attached hydrogen (secondary N) is 1. The van der Waals surface area contributed by atoms with E-state index in [-0.39, 0.29) is 5.96 Å². The zero-order valence-electron chi connectivity index (χ0n) is 12.3. The topological polar surface area (TPSA) is 79.8 Å². The molecular weight excluding hydrogens is 278 g/mol. The van der Waals surface area contributed by atoms with E-state index in [4.69, 9.17) is 11.3 Å². The maximum atomic E-state index is 10.2. The van der Waals surface area contributed by atoms with Crippen molar-refractivity contribution in [2.75, 3.05) is 28.1 Å². The number of hydroxylamine groups is 1. The second-order valence-electron chi connectivity index (χ2n) is 5.86. The Labute approximate surface area is 128 Å². The van der Waals surface area contributed by atoms with Crippen molar-refractivity contribution in [2.45, 2.75) is 19.3 Å². The average molecular weight is 297 g/mol. The van der Waals surface area contributed by atoms with E-state index in [0.29, 0.717) is 5.69 Å². The first-order chi connectivity index (χ1) is 10.7. The largest absolute Gasteiger partial charge is 0.371 e. The third kappa shape index (κ3) is 1.77. The lowest BCUT2D eigenvalue weighted by Gasteiger charge is -2.35. The lowest BCUT2D eigenvalue weighted by molar-refractivity contribution is 0.309. The summed E-state index contributed by atoms with van der Waals surface area (Å²) in [6.45, 7) is 2.12. The molecule has 2 aromatic rings. The van der Waals surface area contributed by atoms with Crippen LogP contribution in [0.4, 0.5) is 17.1 Å². The molecule has 0 aromatic heterocycles. The monoisotopic (exact) mass is 297 g/mol. The van der Waals surface area contributed by atoms with Gasteiger partial charge in [0.15, 0.2) is 0 Å². The highest BCUT2D eigenvalue weighted by molar-refractivity contribution is 6.21. The van der Waals surface area contributed by atoms with E-state index >= 15 is 0 Å². The Morgan fingerprint density at radius 1 is 0.955 bits per heavy atom. The maximum Gasteiger partial charge on any atom is 0.242 e. The van der Waals surface area contributed by atoms with Gasteiger partial charge in [0.1, 0.15) is 0 Å². The van der Waals surface area contributed by atoms with Crippen molar-refractivity contribution in [1.29, 1.82) is 5.41 Å². The first-order valence-corrected chi connectivity index (χ1v) is 7.61. The molecule has 2 heterocycles. The molecule has 0 spiro atoms. The van der Waals surface area contributed by atoms with E-state index in [9.17, 15) is 5.21 Å². The molecule has 1 fully saturated rings. The molecule has 6 heteroatoms. The summed E-state index contributed by atoms with van der Waals surface area (Å²) in [7, 11) is 0. The van der Waals surface area contributed by atoms with Gasteiger partial charge in [-0.3, -0.25) is 10.6 Å². The zero-order valence-corrected chi connectivity index (χ0v) is 12.3. The minimum Gasteiger partial charge on any atom is -0.371 e. The number of benzene rings is 2. The van der Waals surface area contributed by atoms with Gasteiger partial charge in [0.25, 0.3) is 0 Å². The van der Waals surface area contributed by atoms with Gasteiger partial charge >= 0.3 is 0 Å². The number of rotatable bonds is 1. The maximum absolute atomic E-state index is 10.2. The fourth-order valence-corrected chi connectivity index (χ4v) is 3.47. The average Bonchev–Trinajstić information content (AvgIpc) is 2.58. The van der Waals surface area contributed by atoms with Crippen molar-refractivity contribution in [3.8, 4) is 0 Å². The van der Waals surface area contributed by atoms with Crippen LogP contribution in [0.3, 0.4) is 0 Å². The Balaban J connectivity index is 1.96. The Kier molecular flexibility index (Phi) is 2.95. The molecule has 2 aliphatic heterocycles. The number of piperidine rings is 1. The Morgan fingerprint density at radius 3 is 2.45 bits per heavy atom. The second kappa shape index (κ2) is 4.86. The quantitative estimate of drug-likeness (QED) is 0.705. The van der Waals surface area contributed by atoms with Crippen molar-refractivity contribution in [3.05, 3.63) is 30.3 Å². The van der Waals surface area contributed by atoms with Gasteiger partial charge in [-0.25, -0.2) is 10.9 Å². The summed E-state index contributed by atoms with van der Waals surface area (Å²) in [6.07, 6.45) is 3.71. The van der Waals surface area contributed by atoms with Crippen LogP contribution in [-0.4, -0.2) is 24.3 Å². The van der Waals surface area contributed by atoms with Gasteiger partial charge in [-0.15, -0.1) is 0 Å². The fourth-order valence-electron chi connectivity index (χ4n) is 3.47. The van der Waals surface area contributed by atoms with E-state index in [1.165, 1.54) is 30.0 Å². The molecule has 0 unspecified atom stereocenters. The molecule has 0 atom stereocenters. The summed E-state index contributed by atoms with van der Waals surface area (Å²) in [5, 5.41) is 22.1. The number of nitrogens with two attached hydrogens (primary N) is 1. The molecule has 2 aliphatic rings. The van der Waals surface area contributed by atoms with Crippen molar-refractivity contribution >= 4 is 33.8 Å². The standard InChI is InChI=1S/C16H19N5O/c17-16-20(18)13-6-4-5-11-12(19-9-2-1-3-10-19)7-8-14(15(11)13)21(16)22/h4-8,17,22H,1-3,9-10,18H2. The number of anilines is 3. The van der Waals surface area contributed by atoms with Crippen LogP contribution in [0.5, 0.6) is 0 Å². The third-order valence-corrected chi connectivity index (χ3v) is 4.59. The van der Waals surface area contributed by atoms with Crippen LogP contribution < -0.4 is 20.8 Å². The van der Waals surface area contributed by atoms with Gasteiger partial charge in [-0.1, -0.05) is 12.1 Å². The van der Waals surface area contributed by atoms with E-state index < -0.39 is 0 Å². The molecule has 22 heavy (non-hydrogen) atoms. The number of guanidine groups is 1. The van der Waals surface area contributed by atoms with E-state index in [1.54, 1.807) is 0 Å². The van der Waals surface area contributed by atoms with Crippen molar-refractivity contribution in [3.63, 3.8) is 0 Å². The van der Waals surface area contributed by atoms with Gasteiger partial charge in [-0.05, 0) is 37.5 Å². The molecule has 4 N–H and O–H groups in total. The molecule has 2 aromatic carbocycles. The highest BCUT2D eigenvalue weighted by atomic mass is 16.5. The molecule has 0 amide bonds. The predicted octanol–water partition coefficient (Wildman–Crippen LogP) is 2.65. The Bertz CT molecular complexity index is 735. The number of hydrogen-bond donors (Lipinski definition) is 3. The van der Waals surface area contributed by atoms with Crippen LogP contribution in [0.1, 0.15) is 19.3 Å². The first-order valence-electron chi connectivity index (χ1n) is 7.61. The van der Waals surface area contributed by atoms with E-state index in [2.05, 4.69) is 11.0 Å². The van der Waals surface area contributed by atoms with E-state index in [0.717, 1.165) is 34.6 Å². The summed E-state index contributed by atoms with van der Waals surface area (Å²) in [4.78, 5) is 2.40. The number of hydrogen-bond acceptors (Lipinski definition) is 4. The highest BCUT2D eigenvalue weighted by Gasteiger charge is 2.28. The summed E-state index contributed by atoms with van der Waals surface area (Å²) in [6, 6.07) is 9.80. The Hall–Kier alpha value is -2.31. The van der Waals surface area contributed by atoms with Gasteiger partial charge in [0.05, 0.1) is 11.4 Å². The van der Waals surface area contributed by atoms with Crippen LogP contribution in [0.25, 0.3) is 10.8 Å². The lowest BCUT2D eigenvalue weighted by atomic mass is 10.0. The molecular formula is C16H19N5O. The van der Waals surface area contributed by atoms with Gasteiger partial charge in [0.2, 0.25) is 5.96 Å². The molecule has 0 bridgehead atoms. The number of nitrogens with zero attached hydrogens (tertiary/aromatic N) is 3. The summed E-state index contributed by atoms with van der Waals surface area (Å²) in [5.74, 6) is 5.81. The van der Waals surface area contributed by atoms with E-state index in [1.807, 2.05) is 24.3 Å². The minimum absolute atomic E-state index is 0.147. The van der Waals surface area contributed by atoms with Crippen LogP contribution in [-0.2, 0) is 0 Å². The number of hydrazine groups is 1. The zero-order chi connectivity index (χ0) is 15.3. The summed E-state index contributed by atoms with van der Waals surface area (Å²) >= 11 is 0. The van der Waals surface area contributed by atoms with Crippen LogP contribution >= 0.6 is 0 Å². The highest BCUT2D eigenvalue weighted by Crippen LogP contribution is 2.42. The molecule has 0 radical (unpaired) electrons. The molecule has 1 saturated heterocycles. The predicted molar refractivity (Wildman–Crippen MR) is 88.7 cm³/mol. The smallest absolute Gasteiger partial charge is 0.242 e. The van der Waals surface area contributed by atoms with Crippen LogP contribution in [0, 0.1) is 5.41 Å². The summed E-state index contributed by atoms with van der Waals surface area (Å²) in [5.41, 5.74) is 2.54. The van der Waals surface area contributed by atoms with Crippen molar-refractivity contribution < 1.29 is 5.21 Å². The molecule has 114 valence electrons. The normalized spacial score (nSPS) is 18.3.